The molecule has 0 fully saturated rings. The van der Waals surface area contributed by atoms with E-state index in [4.69, 9.17) is 5.11 Å². The summed E-state index contributed by atoms with van der Waals surface area (Å²) in [7, 11) is -3.39. The number of aliphatic carboxylic acids is 1. The van der Waals surface area contributed by atoms with Gasteiger partial charge in [0.05, 0.1) is 11.7 Å². The van der Waals surface area contributed by atoms with Gasteiger partial charge in [0.25, 0.3) is 0 Å². The summed E-state index contributed by atoms with van der Waals surface area (Å²) in [4.78, 5) is 11.0. The van der Waals surface area contributed by atoms with Crippen molar-refractivity contribution >= 4 is 16.0 Å². The monoisotopic (exact) mass is 293 g/mol. The van der Waals surface area contributed by atoms with Crippen molar-refractivity contribution in [2.75, 3.05) is 12.3 Å². The Kier molecular flexibility index (Phi) is 7.00. The van der Waals surface area contributed by atoms with E-state index in [0.29, 0.717) is 12.8 Å². The fourth-order valence-electron chi connectivity index (χ4n) is 1.58. The minimum absolute atomic E-state index is 0.0278. The molecule has 0 aliphatic heterocycles. The highest BCUT2D eigenvalue weighted by Gasteiger charge is 2.22. The maximum absolute atomic E-state index is 11.8. The number of nitrogens with one attached hydrogen (secondary N) is 1. The number of hydrogen-bond donors (Lipinski definition) is 2. The Morgan fingerprint density at radius 1 is 1.26 bits per heavy atom. The van der Waals surface area contributed by atoms with Crippen molar-refractivity contribution < 1.29 is 18.3 Å². The molecule has 0 aromatic rings. The zero-order valence-electron chi connectivity index (χ0n) is 12.6. The molecule has 0 aromatic carbocycles. The van der Waals surface area contributed by atoms with E-state index in [1.54, 1.807) is 0 Å². The highest BCUT2D eigenvalue weighted by atomic mass is 32.2. The van der Waals surface area contributed by atoms with Gasteiger partial charge in [-0.15, -0.1) is 0 Å². The van der Waals surface area contributed by atoms with Crippen molar-refractivity contribution in [1.29, 1.82) is 0 Å². The first-order valence-corrected chi connectivity index (χ1v) is 8.28. The fourth-order valence-corrected chi connectivity index (χ4v) is 3.06. The van der Waals surface area contributed by atoms with Gasteiger partial charge >= 0.3 is 5.97 Å². The molecule has 0 heterocycles. The average molecular weight is 293 g/mol. The Labute approximate surface area is 116 Å². The van der Waals surface area contributed by atoms with Crippen LogP contribution in [-0.4, -0.2) is 31.8 Å². The lowest BCUT2D eigenvalue weighted by atomic mass is 9.94. The van der Waals surface area contributed by atoms with Crippen LogP contribution in [0.5, 0.6) is 0 Å². The molecule has 6 heteroatoms. The van der Waals surface area contributed by atoms with Gasteiger partial charge in [-0.25, -0.2) is 13.1 Å². The van der Waals surface area contributed by atoms with E-state index in [-0.39, 0.29) is 23.6 Å². The van der Waals surface area contributed by atoms with Crippen molar-refractivity contribution in [3.63, 3.8) is 0 Å². The molecule has 0 aliphatic carbocycles. The Bertz CT molecular complexity index is 382. The van der Waals surface area contributed by atoms with Gasteiger partial charge in [0.2, 0.25) is 10.0 Å². The highest BCUT2D eigenvalue weighted by molar-refractivity contribution is 7.89. The maximum atomic E-state index is 11.8. The SMILES string of the molecule is CC(C)CC(CNS(=O)(=O)CCC(C)(C)C)C(=O)O. The molecular weight excluding hydrogens is 266 g/mol. The van der Waals surface area contributed by atoms with E-state index in [2.05, 4.69) is 4.72 Å². The number of carbonyl (C=O) groups is 1. The van der Waals surface area contributed by atoms with Crippen LogP contribution in [0.4, 0.5) is 0 Å². The van der Waals surface area contributed by atoms with Gasteiger partial charge in [-0.1, -0.05) is 34.6 Å². The lowest BCUT2D eigenvalue weighted by Gasteiger charge is -2.19. The number of carboxylic acid groups (broad SMARTS) is 1. The summed E-state index contributed by atoms with van der Waals surface area (Å²) in [5.74, 6) is -1.36. The van der Waals surface area contributed by atoms with Gasteiger partial charge in [0.15, 0.2) is 0 Å². The Morgan fingerprint density at radius 2 is 1.79 bits per heavy atom. The molecule has 0 radical (unpaired) electrons. The zero-order valence-corrected chi connectivity index (χ0v) is 13.4. The first kappa shape index (κ1) is 18.4. The number of sulfonamides is 1. The van der Waals surface area contributed by atoms with Crippen molar-refractivity contribution in [1.82, 2.24) is 4.72 Å². The average Bonchev–Trinajstić information content (AvgIpc) is 2.20. The third-order valence-corrected chi connectivity index (χ3v) is 4.12. The number of rotatable bonds is 8. The molecule has 0 saturated carbocycles. The minimum Gasteiger partial charge on any atom is -0.481 e. The molecule has 0 bridgehead atoms. The second-order valence-corrected chi connectivity index (χ2v) is 8.57. The molecule has 5 nitrogen and oxygen atoms in total. The van der Waals surface area contributed by atoms with Crippen LogP contribution in [0.2, 0.25) is 0 Å². The van der Waals surface area contributed by atoms with Gasteiger partial charge in [-0.05, 0) is 24.2 Å². The van der Waals surface area contributed by atoms with E-state index in [0.717, 1.165) is 0 Å². The van der Waals surface area contributed by atoms with E-state index in [9.17, 15) is 13.2 Å². The standard InChI is InChI=1S/C13H27NO4S/c1-10(2)8-11(12(15)16)9-14-19(17,18)7-6-13(3,4)5/h10-11,14H,6-9H2,1-5H3,(H,15,16). The van der Waals surface area contributed by atoms with Crippen molar-refractivity contribution in [3.8, 4) is 0 Å². The molecule has 19 heavy (non-hydrogen) atoms. The van der Waals surface area contributed by atoms with Gasteiger partial charge in [0.1, 0.15) is 0 Å². The summed E-state index contributed by atoms with van der Waals surface area (Å²) in [5.41, 5.74) is -0.0567. The number of carboxylic acids is 1. The van der Waals surface area contributed by atoms with Gasteiger partial charge in [-0.3, -0.25) is 4.79 Å². The number of hydrogen-bond acceptors (Lipinski definition) is 3. The summed E-state index contributed by atoms with van der Waals surface area (Å²) >= 11 is 0. The molecule has 0 spiro atoms. The Hall–Kier alpha value is -0.620. The van der Waals surface area contributed by atoms with E-state index >= 15 is 0 Å². The quantitative estimate of drug-likeness (QED) is 0.718. The third-order valence-electron chi connectivity index (χ3n) is 2.78. The Morgan fingerprint density at radius 3 is 2.16 bits per heavy atom. The normalized spacial score (nSPS) is 14.6. The molecule has 0 aromatic heterocycles. The second kappa shape index (κ2) is 7.24. The predicted molar refractivity (Wildman–Crippen MR) is 76.4 cm³/mol. The topological polar surface area (TPSA) is 83.5 Å². The van der Waals surface area contributed by atoms with Crippen LogP contribution in [0.25, 0.3) is 0 Å². The summed E-state index contributed by atoms with van der Waals surface area (Å²) < 4.78 is 26.0. The largest absolute Gasteiger partial charge is 0.481 e. The van der Waals surface area contributed by atoms with E-state index < -0.39 is 21.9 Å². The van der Waals surface area contributed by atoms with E-state index in [1.807, 2.05) is 34.6 Å². The Balaban J connectivity index is 4.38. The lowest BCUT2D eigenvalue weighted by molar-refractivity contribution is -0.142. The molecule has 114 valence electrons. The minimum atomic E-state index is -3.39. The molecular formula is C13H27NO4S. The zero-order chi connectivity index (χ0) is 15.3. The van der Waals surface area contributed by atoms with Crippen LogP contribution in [0.15, 0.2) is 0 Å². The molecule has 1 atom stereocenters. The van der Waals surface area contributed by atoms with Crippen LogP contribution in [0.1, 0.15) is 47.5 Å². The molecule has 0 amide bonds. The maximum Gasteiger partial charge on any atom is 0.307 e. The van der Waals surface area contributed by atoms with Crippen LogP contribution >= 0.6 is 0 Å². The van der Waals surface area contributed by atoms with Crippen LogP contribution in [0, 0.1) is 17.3 Å². The summed E-state index contributed by atoms with van der Waals surface area (Å²) in [6, 6.07) is 0. The molecule has 1 unspecified atom stereocenters. The first-order valence-electron chi connectivity index (χ1n) is 6.63. The molecule has 0 rings (SSSR count). The van der Waals surface area contributed by atoms with Crippen LogP contribution in [0.3, 0.4) is 0 Å². The van der Waals surface area contributed by atoms with Gasteiger partial charge in [0, 0.05) is 6.54 Å². The molecule has 0 aliphatic rings. The highest BCUT2D eigenvalue weighted by Crippen LogP contribution is 2.19. The summed E-state index contributed by atoms with van der Waals surface area (Å²) in [6.45, 7) is 9.73. The molecule has 0 saturated heterocycles. The predicted octanol–water partition coefficient (Wildman–Crippen LogP) is 2.09. The van der Waals surface area contributed by atoms with Crippen LogP contribution < -0.4 is 4.72 Å². The van der Waals surface area contributed by atoms with Crippen LogP contribution in [-0.2, 0) is 14.8 Å². The van der Waals surface area contributed by atoms with E-state index in [1.165, 1.54) is 0 Å². The molecule has 2 N–H and O–H groups in total. The van der Waals surface area contributed by atoms with Crippen molar-refractivity contribution in [3.05, 3.63) is 0 Å². The van der Waals surface area contributed by atoms with Crippen molar-refractivity contribution in [2.24, 2.45) is 17.3 Å². The fraction of sp³-hybridized carbons (Fsp3) is 0.923. The lowest BCUT2D eigenvalue weighted by Crippen LogP contribution is -2.35. The van der Waals surface area contributed by atoms with Gasteiger partial charge < -0.3 is 5.11 Å². The van der Waals surface area contributed by atoms with Crippen molar-refractivity contribution in [2.45, 2.75) is 47.5 Å². The summed E-state index contributed by atoms with van der Waals surface area (Å²) in [5, 5.41) is 9.04. The summed E-state index contributed by atoms with van der Waals surface area (Å²) in [6.07, 6.45) is 1.02. The smallest absolute Gasteiger partial charge is 0.307 e. The third kappa shape index (κ3) is 9.90. The van der Waals surface area contributed by atoms with Gasteiger partial charge in [-0.2, -0.15) is 0 Å². The second-order valence-electron chi connectivity index (χ2n) is 6.64. The first-order chi connectivity index (χ1) is 8.43.